The van der Waals surface area contributed by atoms with Gasteiger partial charge in [0.25, 0.3) is 0 Å². The van der Waals surface area contributed by atoms with Crippen molar-refractivity contribution in [2.24, 2.45) is 11.8 Å². The summed E-state index contributed by atoms with van der Waals surface area (Å²) in [5, 5.41) is 0. The van der Waals surface area contributed by atoms with Crippen LogP contribution in [-0.2, 0) is 4.74 Å². The first-order valence-electron chi connectivity index (χ1n) is 5.84. The van der Waals surface area contributed by atoms with E-state index in [4.69, 9.17) is 4.74 Å². The van der Waals surface area contributed by atoms with E-state index in [2.05, 4.69) is 20.8 Å². The number of ether oxygens (including phenoxy) is 1. The Morgan fingerprint density at radius 1 is 1.23 bits per heavy atom. The highest BCUT2D eigenvalue weighted by Gasteiger charge is 2.18. The zero-order chi connectivity index (χ0) is 9.68. The molecule has 0 radical (unpaired) electrons. The molecule has 1 saturated carbocycles. The SMILES string of the molecule is CCC(C)OCC1CCC(C)CC1. The second kappa shape index (κ2) is 5.64. The maximum atomic E-state index is 5.77. The van der Waals surface area contributed by atoms with E-state index in [1.54, 1.807) is 0 Å². The molecular weight excluding hydrogens is 160 g/mol. The van der Waals surface area contributed by atoms with Crippen molar-refractivity contribution in [2.45, 2.75) is 59.0 Å². The van der Waals surface area contributed by atoms with Crippen molar-refractivity contribution < 1.29 is 4.74 Å². The van der Waals surface area contributed by atoms with Gasteiger partial charge in [-0.15, -0.1) is 0 Å². The minimum absolute atomic E-state index is 0.458. The summed E-state index contributed by atoms with van der Waals surface area (Å²) >= 11 is 0. The van der Waals surface area contributed by atoms with Gasteiger partial charge in [-0.1, -0.05) is 26.7 Å². The van der Waals surface area contributed by atoms with Gasteiger partial charge in [-0.05, 0) is 38.0 Å². The van der Waals surface area contributed by atoms with Crippen molar-refractivity contribution in [3.8, 4) is 0 Å². The first-order valence-corrected chi connectivity index (χ1v) is 5.84. The van der Waals surface area contributed by atoms with Crippen LogP contribution >= 0.6 is 0 Å². The molecule has 1 atom stereocenters. The first kappa shape index (κ1) is 11.0. The average Bonchev–Trinajstić information content (AvgIpc) is 2.16. The summed E-state index contributed by atoms with van der Waals surface area (Å²) in [7, 11) is 0. The molecule has 0 aliphatic heterocycles. The molecular formula is C12H24O. The summed E-state index contributed by atoms with van der Waals surface area (Å²) in [4.78, 5) is 0. The van der Waals surface area contributed by atoms with Gasteiger partial charge in [0, 0.05) is 6.61 Å². The van der Waals surface area contributed by atoms with Crippen LogP contribution in [-0.4, -0.2) is 12.7 Å². The summed E-state index contributed by atoms with van der Waals surface area (Å²) in [6.07, 6.45) is 7.20. The molecule has 0 saturated heterocycles. The molecule has 0 amide bonds. The molecule has 1 aliphatic rings. The second-order valence-electron chi connectivity index (χ2n) is 4.68. The molecule has 0 aromatic carbocycles. The van der Waals surface area contributed by atoms with E-state index >= 15 is 0 Å². The highest BCUT2D eigenvalue weighted by Crippen LogP contribution is 2.28. The molecule has 1 aliphatic carbocycles. The van der Waals surface area contributed by atoms with E-state index < -0.39 is 0 Å². The Labute approximate surface area is 82.9 Å². The number of hydrogen-bond acceptors (Lipinski definition) is 1. The minimum Gasteiger partial charge on any atom is -0.378 e. The van der Waals surface area contributed by atoms with Gasteiger partial charge in [-0.25, -0.2) is 0 Å². The van der Waals surface area contributed by atoms with Crippen LogP contribution in [0.2, 0.25) is 0 Å². The predicted molar refractivity (Wildman–Crippen MR) is 56.8 cm³/mol. The van der Waals surface area contributed by atoms with E-state index in [-0.39, 0.29) is 0 Å². The van der Waals surface area contributed by atoms with Crippen LogP contribution in [0.3, 0.4) is 0 Å². The maximum Gasteiger partial charge on any atom is 0.0544 e. The Balaban J connectivity index is 2.08. The Morgan fingerprint density at radius 2 is 1.85 bits per heavy atom. The van der Waals surface area contributed by atoms with Gasteiger partial charge in [-0.3, -0.25) is 0 Å². The highest BCUT2D eigenvalue weighted by atomic mass is 16.5. The summed E-state index contributed by atoms with van der Waals surface area (Å²) < 4.78 is 5.77. The van der Waals surface area contributed by atoms with E-state index in [1.807, 2.05) is 0 Å². The van der Waals surface area contributed by atoms with Gasteiger partial charge >= 0.3 is 0 Å². The van der Waals surface area contributed by atoms with Crippen LogP contribution in [0.1, 0.15) is 52.9 Å². The minimum atomic E-state index is 0.458. The Morgan fingerprint density at radius 3 is 2.38 bits per heavy atom. The summed E-state index contributed by atoms with van der Waals surface area (Å²) in [5.41, 5.74) is 0. The van der Waals surface area contributed by atoms with Gasteiger partial charge in [0.2, 0.25) is 0 Å². The maximum absolute atomic E-state index is 5.77. The lowest BCUT2D eigenvalue weighted by Gasteiger charge is -2.26. The summed E-state index contributed by atoms with van der Waals surface area (Å²) in [5.74, 6) is 1.81. The fourth-order valence-corrected chi connectivity index (χ4v) is 1.91. The molecule has 0 heterocycles. The smallest absolute Gasteiger partial charge is 0.0544 e. The molecule has 0 bridgehead atoms. The second-order valence-corrected chi connectivity index (χ2v) is 4.68. The molecule has 0 aromatic heterocycles. The predicted octanol–water partition coefficient (Wildman–Crippen LogP) is 3.63. The molecule has 0 N–H and O–H groups in total. The van der Waals surface area contributed by atoms with E-state index in [0.29, 0.717) is 6.10 Å². The molecule has 1 fully saturated rings. The Hall–Kier alpha value is -0.0400. The molecule has 78 valence electrons. The molecule has 0 spiro atoms. The fraction of sp³-hybridized carbons (Fsp3) is 1.00. The fourth-order valence-electron chi connectivity index (χ4n) is 1.91. The number of rotatable bonds is 4. The van der Waals surface area contributed by atoms with E-state index in [9.17, 15) is 0 Å². The monoisotopic (exact) mass is 184 g/mol. The molecule has 13 heavy (non-hydrogen) atoms. The zero-order valence-electron chi connectivity index (χ0n) is 9.38. The average molecular weight is 184 g/mol. The Bertz CT molecular complexity index is 125. The van der Waals surface area contributed by atoms with Gasteiger partial charge in [-0.2, -0.15) is 0 Å². The molecule has 1 rings (SSSR count). The molecule has 1 nitrogen and oxygen atoms in total. The summed E-state index contributed by atoms with van der Waals surface area (Å²) in [6, 6.07) is 0. The van der Waals surface area contributed by atoms with Crippen LogP contribution in [0.25, 0.3) is 0 Å². The topological polar surface area (TPSA) is 9.23 Å². The number of hydrogen-bond donors (Lipinski definition) is 0. The third-order valence-corrected chi connectivity index (χ3v) is 3.33. The third-order valence-electron chi connectivity index (χ3n) is 3.33. The molecule has 1 heteroatoms. The van der Waals surface area contributed by atoms with Crippen LogP contribution in [0.4, 0.5) is 0 Å². The van der Waals surface area contributed by atoms with Crippen molar-refractivity contribution in [2.75, 3.05) is 6.61 Å². The summed E-state index contributed by atoms with van der Waals surface area (Å²) in [6.45, 7) is 7.73. The standard InChI is InChI=1S/C12H24O/c1-4-11(3)13-9-12-7-5-10(2)6-8-12/h10-12H,4-9H2,1-3H3. The molecule has 0 aromatic rings. The Kier molecular flexibility index (Phi) is 4.79. The van der Waals surface area contributed by atoms with Gasteiger partial charge in [0.15, 0.2) is 0 Å². The van der Waals surface area contributed by atoms with Crippen molar-refractivity contribution in [1.29, 1.82) is 0 Å². The highest BCUT2D eigenvalue weighted by molar-refractivity contribution is 4.69. The van der Waals surface area contributed by atoms with Crippen molar-refractivity contribution in [3.63, 3.8) is 0 Å². The quantitative estimate of drug-likeness (QED) is 0.648. The van der Waals surface area contributed by atoms with Gasteiger partial charge in [0.1, 0.15) is 0 Å². The van der Waals surface area contributed by atoms with Crippen molar-refractivity contribution >= 4 is 0 Å². The van der Waals surface area contributed by atoms with Crippen molar-refractivity contribution in [1.82, 2.24) is 0 Å². The van der Waals surface area contributed by atoms with Gasteiger partial charge in [0.05, 0.1) is 6.10 Å². The molecule has 1 unspecified atom stereocenters. The van der Waals surface area contributed by atoms with Crippen LogP contribution in [0.15, 0.2) is 0 Å². The first-order chi connectivity index (χ1) is 6.22. The largest absolute Gasteiger partial charge is 0.378 e. The lowest BCUT2D eigenvalue weighted by Crippen LogP contribution is -2.20. The van der Waals surface area contributed by atoms with E-state index in [0.717, 1.165) is 24.9 Å². The lowest BCUT2D eigenvalue weighted by atomic mass is 9.83. The van der Waals surface area contributed by atoms with Gasteiger partial charge < -0.3 is 4.74 Å². The third kappa shape index (κ3) is 4.12. The zero-order valence-corrected chi connectivity index (χ0v) is 9.38. The van der Waals surface area contributed by atoms with E-state index in [1.165, 1.54) is 25.7 Å². The lowest BCUT2D eigenvalue weighted by molar-refractivity contribution is 0.0259. The van der Waals surface area contributed by atoms with Crippen molar-refractivity contribution in [3.05, 3.63) is 0 Å². The van der Waals surface area contributed by atoms with Crippen LogP contribution in [0.5, 0.6) is 0 Å². The normalized spacial score (nSPS) is 31.6. The van der Waals surface area contributed by atoms with Crippen LogP contribution in [0, 0.1) is 11.8 Å². The van der Waals surface area contributed by atoms with Crippen LogP contribution < -0.4 is 0 Å².